The van der Waals surface area contributed by atoms with E-state index in [0.29, 0.717) is 19.3 Å². The van der Waals surface area contributed by atoms with Gasteiger partial charge >= 0.3 is 17.9 Å². The highest BCUT2D eigenvalue weighted by molar-refractivity contribution is 5.71. The number of hydrogen-bond donors (Lipinski definition) is 0. The summed E-state index contributed by atoms with van der Waals surface area (Å²) in [5, 5.41) is 0. The number of carbonyl (C=O) groups excluding carboxylic acids is 3. The molecule has 0 aliphatic heterocycles. The monoisotopic (exact) mass is 943 g/mol. The zero-order valence-corrected chi connectivity index (χ0v) is 45.2. The Morgan fingerprint density at radius 2 is 0.493 bits per heavy atom. The molecule has 0 aliphatic carbocycles. The first kappa shape index (κ1) is 64.9. The Labute approximate surface area is 417 Å². The summed E-state index contributed by atoms with van der Waals surface area (Å²) in [7, 11) is 0. The minimum Gasteiger partial charge on any atom is -0.462 e. The number of allylic oxidation sites excluding steroid dienone is 4. The second kappa shape index (κ2) is 56.5. The summed E-state index contributed by atoms with van der Waals surface area (Å²) in [6, 6.07) is 0. The van der Waals surface area contributed by atoms with E-state index in [1.54, 1.807) is 0 Å². The fourth-order valence-corrected chi connectivity index (χ4v) is 8.91. The highest BCUT2D eigenvalue weighted by Crippen LogP contribution is 2.17. The Morgan fingerprint density at radius 3 is 0.746 bits per heavy atom. The summed E-state index contributed by atoms with van der Waals surface area (Å²) >= 11 is 0. The first-order valence-corrected chi connectivity index (χ1v) is 29.8. The predicted octanol–water partition coefficient (Wildman–Crippen LogP) is 19.9. The van der Waals surface area contributed by atoms with Crippen LogP contribution < -0.4 is 0 Å². The van der Waals surface area contributed by atoms with Crippen molar-refractivity contribution in [3.63, 3.8) is 0 Å². The minimum absolute atomic E-state index is 0.0710. The van der Waals surface area contributed by atoms with E-state index in [1.807, 2.05) is 0 Å². The summed E-state index contributed by atoms with van der Waals surface area (Å²) in [4.78, 5) is 38.2. The van der Waals surface area contributed by atoms with Crippen molar-refractivity contribution in [3.8, 4) is 0 Å². The SMILES string of the molecule is CCCCCCCC/C=C\CCCCCCCCCC(=O)O[C@H](COC(=O)CCCCCCC/C=C\CCCCCCCC)COC(=O)CCCCCCCCCCCCCCCCCCC. The van der Waals surface area contributed by atoms with Gasteiger partial charge < -0.3 is 14.2 Å². The van der Waals surface area contributed by atoms with Gasteiger partial charge in [-0.1, -0.05) is 263 Å². The van der Waals surface area contributed by atoms with E-state index in [9.17, 15) is 14.4 Å². The van der Waals surface area contributed by atoms with Crippen molar-refractivity contribution < 1.29 is 28.6 Å². The van der Waals surface area contributed by atoms with Gasteiger partial charge in [-0.3, -0.25) is 14.4 Å². The topological polar surface area (TPSA) is 78.9 Å². The highest BCUT2D eigenvalue weighted by atomic mass is 16.6. The minimum atomic E-state index is -0.773. The van der Waals surface area contributed by atoms with Gasteiger partial charge in [-0.25, -0.2) is 0 Å². The molecule has 0 radical (unpaired) electrons. The summed E-state index contributed by atoms with van der Waals surface area (Å²) in [5.41, 5.74) is 0. The van der Waals surface area contributed by atoms with Gasteiger partial charge in [0.05, 0.1) is 0 Å². The Kier molecular flexibility index (Phi) is 54.7. The fourth-order valence-electron chi connectivity index (χ4n) is 8.91. The maximum absolute atomic E-state index is 12.9. The third kappa shape index (κ3) is 54.7. The van der Waals surface area contributed by atoms with Crippen LogP contribution in [-0.4, -0.2) is 37.2 Å². The number of rotatable bonds is 55. The second-order valence-electron chi connectivity index (χ2n) is 20.3. The van der Waals surface area contributed by atoms with Crippen molar-refractivity contribution in [2.24, 2.45) is 0 Å². The van der Waals surface area contributed by atoms with Crippen molar-refractivity contribution in [1.82, 2.24) is 0 Å². The molecule has 0 saturated carbocycles. The summed E-state index contributed by atoms with van der Waals surface area (Å²) in [6.07, 6.45) is 65.9. The lowest BCUT2D eigenvalue weighted by molar-refractivity contribution is -0.167. The van der Waals surface area contributed by atoms with Gasteiger partial charge in [0, 0.05) is 19.3 Å². The normalized spacial score (nSPS) is 12.1. The quantitative estimate of drug-likeness (QED) is 0.0262. The van der Waals surface area contributed by atoms with Gasteiger partial charge in [-0.15, -0.1) is 0 Å². The molecule has 1 atom stereocenters. The second-order valence-corrected chi connectivity index (χ2v) is 20.3. The molecule has 0 heterocycles. The molecule has 0 aromatic rings. The van der Waals surface area contributed by atoms with Gasteiger partial charge in [-0.05, 0) is 70.6 Å². The molecule has 0 aromatic heterocycles. The molecule has 0 bridgehead atoms. The smallest absolute Gasteiger partial charge is 0.306 e. The Balaban J connectivity index is 4.34. The lowest BCUT2D eigenvalue weighted by Gasteiger charge is -2.18. The van der Waals surface area contributed by atoms with Crippen molar-refractivity contribution in [2.45, 2.75) is 335 Å². The predicted molar refractivity (Wildman–Crippen MR) is 289 cm³/mol. The molecule has 0 spiro atoms. The van der Waals surface area contributed by atoms with E-state index in [-0.39, 0.29) is 31.1 Å². The number of unbranched alkanes of at least 4 members (excludes halogenated alkanes) is 40. The van der Waals surface area contributed by atoms with Crippen molar-refractivity contribution in [3.05, 3.63) is 24.3 Å². The van der Waals surface area contributed by atoms with E-state index in [4.69, 9.17) is 14.2 Å². The molecule has 67 heavy (non-hydrogen) atoms. The van der Waals surface area contributed by atoms with Crippen LogP contribution in [0.15, 0.2) is 24.3 Å². The molecule has 0 amide bonds. The standard InChI is InChI=1S/C61H114O6/c1-4-7-10-13-16-19-22-25-28-30-33-36-39-42-45-48-51-54-60(63)66-57-58(56-65-59(62)53-50-47-44-41-38-35-32-27-24-21-18-15-12-9-6-3)67-61(64)55-52-49-46-43-40-37-34-31-29-26-23-20-17-14-11-8-5-2/h26-27,29,32,58H,4-25,28,30-31,33-57H2,1-3H3/b29-26-,32-27-/t58-/m1/s1. The molecule has 394 valence electrons. The largest absolute Gasteiger partial charge is 0.462 e. The first-order chi connectivity index (χ1) is 33.0. The van der Waals surface area contributed by atoms with Crippen LogP contribution in [0.2, 0.25) is 0 Å². The molecule has 0 N–H and O–H groups in total. The van der Waals surface area contributed by atoms with Gasteiger partial charge in [0.25, 0.3) is 0 Å². The Hall–Kier alpha value is -2.11. The van der Waals surface area contributed by atoms with Crippen LogP contribution in [-0.2, 0) is 28.6 Å². The summed E-state index contributed by atoms with van der Waals surface area (Å²) in [5.74, 6) is -0.862. The third-order valence-electron chi connectivity index (χ3n) is 13.4. The molecular weight excluding hydrogens is 829 g/mol. The average Bonchev–Trinajstić information content (AvgIpc) is 3.33. The fraction of sp³-hybridized carbons (Fsp3) is 0.885. The molecule has 0 aromatic carbocycles. The third-order valence-corrected chi connectivity index (χ3v) is 13.4. The van der Waals surface area contributed by atoms with Crippen LogP contribution >= 0.6 is 0 Å². The zero-order chi connectivity index (χ0) is 48.6. The van der Waals surface area contributed by atoms with Crippen LogP contribution in [0.1, 0.15) is 329 Å². The molecular formula is C61H114O6. The van der Waals surface area contributed by atoms with Crippen LogP contribution in [0.4, 0.5) is 0 Å². The average molecular weight is 944 g/mol. The van der Waals surface area contributed by atoms with Gasteiger partial charge in [0.2, 0.25) is 0 Å². The summed E-state index contributed by atoms with van der Waals surface area (Å²) in [6.45, 7) is 6.67. The summed E-state index contributed by atoms with van der Waals surface area (Å²) < 4.78 is 16.9. The van der Waals surface area contributed by atoms with Crippen LogP contribution in [0.3, 0.4) is 0 Å². The van der Waals surface area contributed by atoms with Crippen molar-refractivity contribution in [1.29, 1.82) is 0 Å². The van der Waals surface area contributed by atoms with Crippen LogP contribution in [0.5, 0.6) is 0 Å². The zero-order valence-electron chi connectivity index (χ0n) is 45.2. The molecule has 0 fully saturated rings. The highest BCUT2D eigenvalue weighted by Gasteiger charge is 2.19. The lowest BCUT2D eigenvalue weighted by atomic mass is 10.0. The molecule has 0 rings (SSSR count). The Bertz CT molecular complexity index is 1080. The van der Waals surface area contributed by atoms with Crippen molar-refractivity contribution in [2.75, 3.05) is 13.2 Å². The van der Waals surface area contributed by atoms with E-state index in [0.717, 1.165) is 64.2 Å². The van der Waals surface area contributed by atoms with Crippen molar-refractivity contribution >= 4 is 17.9 Å². The molecule has 0 unspecified atom stereocenters. The number of esters is 3. The van der Waals surface area contributed by atoms with Gasteiger partial charge in [0.15, 0.2) is 6.10 Å². The van der Waals surface area contributed by atoms with Crippen LogP contribution in [0, 0.1) is 0 Å². The van der Waals surface area contributed by atoms with Crippen LogP contribution in [0.25, 0.3) is 0 Å². The first-order valence-electron chi connectivity index (χ1n) is 29.8. The number of ether oxygens (including phenoxy) is 3. The molecule has 0 aliphatic rings. The maximum Gasteiger partial charge on any atom is 0.306 e. The van der Waals surface area contributed by atoms with Gasteiger partial charge in [-0.2, -0.15) is 0 Å². The Morgan fingerprint density at radius 1 is 0.284 bits per heavy atom. The molecule has 6 heteroatoms. The van der Waals surface area contributed by atoms with E-state index >= 15 is 0 Å². The van der Waals surface area contributed by atoms with E-state index in [1.165, 1.54) is 225 Å². The van der Waals surface area contributed by atoms with E-state index in [2.05, 4.69) is 45.1 Å². The molecule has 0 saturated heterocycles. The number of carbonyl (C=O) groups is 3. The number of hydrogen-bond acceptors (Lipinski definition) is 6. The van der Waals surface area contributed by atoms with Gasteiger partial charge in [0.1, 0.15) is 13.2 Å². The lowest BCUT2D eigenvalue weighted by Crippen LogP contribution is -2.30. The van der Waals surface area contributed by atoms with E-state index < -0.39 is 6.10 Å². The molecule has 6 nitrogen and oxygen atoms in total. The maximum atomic E-state index is 12.9.